The average Bonchev–Trinajstić information content (AvgIpc) is 3.35. The van der Waals surface area contributed by atoms with Crippen molar-refractivity contribution in [2.24, 2.45) is 0 Å². The van der Waals surface area contributed by atoms with Gasteiger partial charge < -0.3 is 4.42 Å². The van der Waals surface area contributed by atoms with Crippen molar-refractivity contribution in [3.05, 3.63) is 93.1 Å². The predicted octanol–water partition coefficient (Wildman–Crippen LogP) is 4.40. The molecular weight excluding hydrogens is 438 g/mol. The van der Waals surface area contributed by atoms with Gasteiger partial charge in [-0.25, -0.2) is 0 Å². The number of hydrogen-bond acceptors (Lipinski definition) is 7. The van der Waals surface area contributed by atoms with Gasteiger partial charge in [0.15, 0.2) is 4.32 Å². The number of hydrazine groups is 1. The van der Waals surface area contributed by atoms with E-state index in [2.05, 4.69) is 5.43 Å². The molecule has 0 aliphatic carbocycles. The zero-order valence-corrected chi connectivity index (χ0v) is 17.3. The number of amides is 2. The normalized spacial score (nSPS) is 14.8. The number of hydrogen-bond donors (Lipinski definition) is 1. The summed E-state index contributed by atoms with van der Waals surface area (Å²) in [4.78, 5) is 35.6. The third-order valence-corrected chi connectivity index (χ3v) is 5.61. The number of benzene rings is 2. The molecule has 154 valence electrons. The molecule has 8 nitrogen and oxygen atoms in total. The van der Waals surface area contributed by atoms with Crippen LogP contribution in [0.1, 0.15) is 16.1 Å². The van der Waals surface area contributed by atoms with E-state index >= 15 is 0 Å². The molecule has 1 aliphatic rings. The first-order valence-corrected chi connectivity index (χ1v) is 10.1. The topological polar surface area (TPSA) is 106 Å². The monoisotopic (exact) mass is 451 g/mol. The van der Waals surface area contributed by atoms with Crippen LogP contribution in [0.25, 0.3) is 17.4 Å². The van der Waals surface area contributed by atoms with Gasteiger partial charge in [0.2, 0.25) is 0 Å². The van der Waals surface area contributed by atoms with E-state index in [9.17, 15) is 19.7 Å². The summed E-state index contributed by atoms with van der Waals surface area (Å²) in [5, 5.41) is 11.8. The van der Waals surface area contributed by atoms with Crippen LogP contribution >= 0.6 is 24.0 Å². The molecular formula is C21H13N3O5S2. The third-order valence-electron chi connectivity index (χ3n) is 4.31. The minimum Gasteiger partial charge on any atom is -0.457 e. The fourth-order valence-electron chi connectivity index (χ4n) is 2.78. The van der Waals surface area contributed by atoms with Crippen LogP contribution in [0, 0.1) is 10.1 Å². The molecule has 0 saturated carbocycles. The Balaban J connectivity index is 1.49. The quantitative estimate of drug-likeness (QED) is 0.265. The first kappa shape index (κ1) is 20.5. The average molecular weight is 451 g/mol. The summed E-state index contributed by atoms with van der Waals surface area (Å²) in [5.41, 5.74) is 3.56. The molecule has 4 rings (SSSR count). The number of thiocarbonyl (C=S) groups is 1. The summed E-state index contributed by atoms with van der Waals surface area (Å²) in [5.74, 6) is -0.0126. The lowest BCUT2D eigenvalue weighted by molar-refractivity contribution is -0.384. The van der Waals surface area contributed by atoms with Crippen LogP contribution in [-0.4, -0.2) is 26.1 Å². The van der Waals surface area contributed by atoms with Crippen molar-refractivity contribution in [2.45, 2.75) is 0 Å². The summed E-state index contributed by atoms with van der Waals surface area (Å²) in [6.07, 6.45) is 1.53. The molecule has 10 heteroatoms. The molecule has 31 heavy (non-hydrogen) atoms. The molecule has 2 amide bonds. The Hall–Kier alpha value is -3.76. The van der Waals surface area contributed by atoms with Crippen LogP contribution in [0.15, 0.2) is 76.1 Å². The maximum Gasteiger partial charge on any atom is 0.285 e. The van der Waals surface area contributed by atoms with E-state index in [4.69, 9.17) is 16.6 Å². The molecule has 0 radical (unpaired) electrons. The molecule has 0 unspecified atom stereocenters. The van der Waals surface area contributed by atoms with E-state index in [0.29, 0.717) is 27.6 Å². The molecule has 1 aliphatic heterocycles. The van der Waals surface area contributed by atoms with Gasteiger partial charge in [0.05, 0.1) is 9.83 Å². The maximum absolute atomic E-state index is 12.7. The number of carbonyl (C=O) groups excluding carboxylic acids is 2. The van der Waals surface area contributed by atoms with Gasteiger partial charge in [-0.3, -0.25) is 25.1 Å². The van der Waals surface area contributed by atoms with E-state index in [-0.39, 0.29) is 10.0 Å². The van der Waals surface area contributed by atoms with Gasteiger partial charge in [-0.15, -0.1) is 0 Å². The first-order chi connectivity index (χ1) is 14.9. The van der Waals surface area contributed by atoms with Gasteiger partial charge in [-0.1, -0.05) is 30.0 Å². The third kappa shape index (κ3) is 4.39. The Morgan fingerprint density at radius 3 is 2.48 bits per heavy atom. The number of furan rings is 1. The van der Waals surface area contributed by atoms with Gasteiger partial charge in [-0.05, 0) is 48.6 Å². The lowest BCUT2D eigenvalue weighted by Gasteiger charge is -2.15. The largest absolute Gasteiger partial charge is 0.457 e. The van der Waals surface area contributed by atoms with Gasteiger partial charge in [0, 0.05) is 29.3 Å². The van der Waals surface area contributed by atoms with E-state index in [1.165, 1.54) is 18.2 Å². The zero-order valence-electron chi connectivity index (χ0n) is 15.7. The van der Waals surface area contributed by atoms with Gasteiger partial charge in [0.25, 0.3) is 17.5 Å². The van der Waals surface area contributed by atoms with Crippen molar-refractivity contribution >= 4 is 51.9 Å². The van der Waals surface area contributed by atoms with Gasteiger partial charge in [0.1, 0.15) is 11.5 Å². The van der Waals surface area contributed by atoms with Crippen molar-refractivity contribution in [3.63, 3.8) is 0 Å². The lowest BCUT2D eigenvalue weighted by atomic mass is 10.1. The highest BCUT2D eigenvalue weighted by Gasteiger charge is 2.34. The number of carbonyl (C=O) groups is 2. The smallest absolute Gasteiger partial charge is 0.285 e. The van der Waals surface area contributed by atoms with Crippen LogP contribution < -0.4 is 5.43 Å². The Labute approximate surface area is 185 Å². The fourth-order valence-corrected chi connectivity index (χ4v) is 3.94. The summed E-state index contributed by atoms with van der Waals surface area (Å²) in [6, 6.07) is 17.8. The second-order valence-corrected chi connectivity index (χ2v) is 8.01. The van der Waals surface area contributed by atoms with Crippen molar-refractivity contribution in [3.8, 4) is 11.3 Å². The molecule has 1 saturated heterocycles. The molecule has 0 atom stereocenters. The zero-order chi connectivity index (χ0) is 22.0. The highest BCUT2D eigenvalue weighted by molar-refractivity contribution is 8.26. The molecule has 2 aromatic carbocycles. The molecule has 1 fully saturated rings. The Morgan fingerprint density at radius 2 is 1.81 bits per heavy atom. The number of rotatable bonds is 5. The van der Waals surface area contributed by atoms with E-state index in [1.807, 2.05) is 0 Å². The fraction of sp³-hybridized carbons (Fsp3) is 0. The van der Waals surface area contributed by atoms with Crippen molar-refractivity contribution in [2.75, 3.05) is 0 Å². The van der Waals surface area contributed by atoms with Crippen LogP contribution in [-0.2, 0) is 4.79 Å². The lowest BCUT2D eigenvalue weighted by Crippen LogP contribution is -2.44. The maximum atomic E-state index is 12.7. The number of nitro groups is 1. The Bertz CT molecular complexity index is 1220. The second kappa shape index (κ2) is 8.54. The van der Waals surface area contributed by atoms with Crippen LogP contribution in [0.5, 0.6) is 0 Å². The van der Waals surface area contributed by atoms with E-state index in [0.717, 1.165) is 16.8 Å². The Morgan fingerprint density at radius 1 is 1.10 bits per heavy atom. The van der Waals surface area contributed by atoms with Crippen LogP contribution in [0.4, 0.5) is 5.69 Å². The van der Waals surface area contributed by atoms with Crippen molar-refractivity contribution in [1.29, 1.82) is 0 Å². The van der Waals surface area contributed by atoms with E-state index in [1.54, 1.807) is 54.6 Å². The number of thioether (sulfide) groups is 1. The number of nitrogens with one attached hydrogen (secondary N) is 1. The van der Waals surface area contributed by atoms with Gasteiger partial charge >= 0.3 is 0 Å². The van der Waals surface area contributed by atoms with Crippen molar-refractivity contribution in [1.82, 2.24) is 10.4 Å². The van der Waals surface area contributed by atoms with Crippen LogP contribution in [0.3, 0.4) is 0 Å². The SMILES string of the molecule is O=C(NN1C(=O)/C(=C/c2ccc(-c3ccc([N+](=O)[O-])cc3)o2)SC1=S)c1ccccc1. The van der Waals surface area contributed by atoms with Crippen LogP contribution in [0.2, 0.25) is 0 Å². The Kier molecular flexibility index (Phi) is 5.65. The highest BCUT2D eigenvalue weighted by atomic mass is 32.2. The number of non-ortho nitro benzene ring substituents is 1. The molecule has 2 heterocycles. The minimum atomic E-state index is -0.476. The number of nitro benzene ring substituents is 1. The van der Waals surface area contributed by atoms with Crippen molar-refractivity contribution < 1.29 is 18.9 Å². The second-order valence-electron chi connectivity index (χ2n) is 6.33. The minimum absolute atomic E-state index is 0.0169. The standard InChI is InChI=1S/C21H13N3O5S2/c25-19(14-4-2-1-3-5-14)22-23-20(26)18(31-21(23)30)12-16-10-11-17(29-16)13-6-8-15(9-7-13)24(27)28/h1-12H,(H,22,25)/b18-12-. The van der Waals surface area contributed by atoms with E-state index < -0.39 is 16.7 Å². The van der Waals surface area contributed by atoms with Gasteiger partial charge in [-0.2, -0.15) is 5.01 Å². The molecule has 3 aromatic rings. The summed E-state index contributed by atoms with van der Waals surface area (Å²) >= 11 is 6.26. The molecule has 0 spiro atoms. The highest BCUT2D eigenvalue weighted by Crippen LogP contribution is 2.33. The predicted molar refractivity (Wildman–Crippen MR) is 120 cm³/mol. The molecule has 1 N–H and O–H groups in total. The summed E-state index contributed by atoms with van der Waals surface area (Å²) in [6.45, 7) is 0. The molecule has 1 aromatic heterocycles. The molecule has 0 bridgehead atoms. The number of nitrogens with zero attached hydrogens (tertiary/aromatic N) is 2. The first-order valence-electron chi connectivity index (χ1n) is 8.91. The summed E-state index contributed by atoms with van der Waals surface area (Å²) < 4.78 is 5.94. The summed E-state index contributed by atoms with van der Waals surface area (Å²) in [7, 11) is 0.